The molecule has 114 valence electrons. The monoisotopic (exact) mass is 302 g/mol. The zero-order valence-electron chi connectivity index (χ0n) is 12.2. The Labute approximate surface area is 119 Å². The molecule has 1 N–H and O–H groups in total. The molecule has 0 aromatic carbocycles. The van der Waals surface area contributed by atoms with E-state index in [9.17, 15) is 18.0 Å². The van der Waals surface area contributed by atoms with Crippen molar-refractivity contribution in [1.82, 2.24) is 10.2 Å². The summed E-state index contributed by atoms with van der Waals surface area (Å²) in [5.74, 6) is -0.0186. The topological polar surface area (TPSA) is 83.6 Å². The molecule has 2 amide bonds. The quantitative estimate of drug-likeness (QED) is 0.765. The summed E-state index contributed by atoms with van der Waals surface area (Å²) < 4.78 is 22.9. The number of piperazine rings is 1. The first-order chi connectivity index (χ1) is 9.08. The van der Waals surface area contributed by atoms with Gasteiger partial charge in [0.2, 0.25) is 11.8 Å². The fourth-order valence-corrected chi connectivity index (χ4v) is 4.62. The van der Waals surface area contributed by atoms with Gasteiger partial charge in [0, 0.05) is 6.54 Å². The highest BCUT2D eigenvalue weighted by Gasteiger charge is 2.41. The lowest BCUT2D eigenvalue weighted by Gasteiger charge is -2.39. The van der Waals surface area contributed by atoms with Crippen LogP contribution in [0.15, 0.2) is 0 Å². The average molecular weight is 302 g/mol. The molecule has 0 saturated carbocycles. The molecule has 2 aliphatic rings. The Bertz CT molecular complexity index is 521. The normalized spacial score (nSPS) is 30.4. The third kappa shape index (κ3) is 3.31. The maximum atomic E-state index is 12.4. The van der Waals surface area contributed by atoms with Gasteiger partial charge >= 0.3 is 0 Å². The molecule has 0 spiro atoms. The van der Waals surface area contributed by atoms with Crippen molar-refractivity contribution in [3.05, 3.63) is 0 Å². The molecule has 2 rings (SSSR count). The van der Waals surface area contributed by atoms with E-state index in [1.165, 1.54) is 4.90 Å². The fourth-order valence-electron chi connectivity index (χ4n) is 2.77. The second kappa shape index (κ2) is 5.02. The molecule has 0 bridgehead atoms. The van der Waals surface area contributed by atoms with Crippen molar-refractivity contribution in [3.63, 3.8) is 0 Å². The maximum Gasteiger partial charge on any atom is 0.246 e. The van der Waals surface area contributed by atoms with Gasteiger partial charge in [0.1, 0.15) is 6.04 Å². The Morgan fingerprint density at radius 3 is 2.45 bits per heavy atom. The number of carbonyl (C=O) groups is 2. The van der Waals surface area contributed by atoms with Gasteiger partial charge in [0.05, 0.1) is 18.1 Å². The SMILES string of the molecule is CC(C)(C)C1NC(=O)CN(CC2CCS(=O)(=O)C2)C1=O. The molecule has 0 radical (unpaired) electrons. The number of nitrogens with zero attached hydrogens (tertiary/aromatic N) is 1. The lowest BCUT2D eigenvalue weighted by atomic mass is 9.84. The Balaban J connectivity index is 2.08. The number of carbonyl (C=O) groups excluding carboxylic acids is 2. The minimum Gasteiger partial charge on any atom is -0.342 e. The van der Waals surface area contributed by atoms with Gasteiger partial charge in [-0.2, -0.15) is 0 Å². The molecule has 2 saturated heterocycles. The van der Waals surface area contributed by atoms with Crippen LogP contribution in [0.4, 0.5) is 0 Å². The summed E-state index contributed by atoms with van der Waals surface area (Å²) in [5.41, 5.74) is -0.354. The van der Waals surface area contributed by atoms with Crippen LogP contribution in [0.25, 0.3) is 0 Å². The Hall–Kier alpha value is -1.11. The van der Waals surface area contributed by atoms with E-state index in [0.29, 0.717) is 13.0 Å². The molecule has 6 nitrogen and oxygen atoms in total. The van der Waals surface area contributed by atoms with Crippen LogP contribution in [0.3, 0.4) is 0 Å². The Morgan fingerprint density at radius 2 is 1.95 bits per heavy atom. The molecule has 2 unspecified atom stereocenters. The molecule has 2 fully saturated rings. The van der Waals surface area contributed by atoms with Crippen molar-refractivity contribution in [1.29, 1.82) is 0 Å². The third-order valence-electron chi connectivity index (χ3n) is 3.87. The fraction of sp³-hybridized carbons (Fsp3) is 0.846. The van der Waals surface area contributed by atoms with Crippen molar-refractivity contribution < 1.29 is 18.0 Å². The predicted octanol–water partition coefficient (Wildman–Crippen LogP) is -0.206. The molecular formula is C13H22N2O4S. The van der Waals surface area contributed by atoms with Gasteiger partial charge in [-0.3, -0.25) is 9.59 Å². The van der Waals surface area contributed by atoms with Crippen LogP contribution in [-0.2, 0) is 19.4 Å². The second-order valence-electron chi connectivity index (χ2n) is 6.85. The van der Waals surface area contributed by atoms with Crippen molar-refractivity contribution in [2.24, 2.45) is 11.3 Å². The number of nitrogens with one attached hydrogen (secondary N) is 1. The van der Waals surface area contributed by atoms with E-state index in [4.69, 9.17) is 0 Å². The summed E-state index contributed by atoms with van der Waals surface area (Å²) >= 11 is 0. The van der Waals surface area contributed by atoms with Gasteiger partial charge in [0.25, 0.3) is 0 Å². The molecular weight excluding hydrogens is 280 g/mol. The highest BCUT2D eigenvalue weighted by atomic mass is 32.2. The van der Waals surface area contributed by atoms with Crippen LogP contribution in [0, 0.1) is 11.3 Å². The van der Waals surface area contributed by atoms with Crippen LogP contribution in [0.5, 0.6) is 0 Å². The molecule has 7 heteroatoms. The molecule has 0 aromatic rings. The van der Waals surface area contributed by atoms with E-state index < -0.39 is 15.9 Å². The maximum absolute atomic E-state index is 12.4. The van der Waals surface area contributed by atoms with Gasteiger partial charge in [-0.15, -0.1) is 0 Å². The van der Waals surface area contributed by atoms with E-state index in [2.05, 4.69) is 5.32 Å². The van der Waals surface area contributed by atoms with E-state index >= 15 is 0 Å². The van der Waals surface area contributed by atoms with Crippen molar-refractivity contribution >= 4 is 21.7 Å². The van der Waals surface area contributed by atoms with Crippen molar-refractivity contribution in [3.8, 4) is 0 Å². The summed E-state index contributed by atoms with van der Waals surface area (Å²) in [5, 5.41) is 2.73. The third-order valence-corrected chi connectivity index (χ3v) is 5.71. The summed E-state index contributed by atoms with van der Waals surface area (Å²) in [6, 6.07) is -0.540. The first-order valence-corrected chi connectivity index (χ1v) is 8.69. The molecule has 20 heavy (non-hydrogen) atoms. The van der Waals surface area contributed by atoms with E-state index in [1.807, 2.05) is 20.8 Å². The van der Waals surface area contributed by atoms with Crippen LogP contribution in [-0.4, -0.2) is 55.8 Å². The summed E-state index contributed by atoms with van der Waals surface area (Å²) in [6.45, 7) is 6.10. The van der Waals surface area contributed by atoms with Crippen LogP contribution >= 0.6 is 0 Å². The van der Waals surface area contributed by atoms with E-state index in [0.717, 1.165) is 0 Å². The minimum atomic E-state index is -2.96. The molecule has 2 atom stereocenters. The smallest absolute Gasteiger partial charge is 0.246 e. The highest BCUT2D eigenvalue weighted by molar-refractivity contribution is 7.91. The number of amides is 2. The van der Waals surface area contributed by atoms with Crippen LogP contribution in [0.2, 0.25) is 0 Å². The largest absolute Gasteiger partial charge is 0.342 e. The van der Waals surface area contributed by atoms with Crippen LogP contribution in [0.1, 0.15) is 27.2 Å². The molecule has 0 aromatic heterocycles. The number of rotatable bonds is 2. The standard InChI is InChI=1S/C13H22N2O4S/c1-13(2,3)11-12(17)15(7-10(16)14-11)6-9-4-5-20(18,19)8-9/h9,11H,4-8H2,1-3H3,(H,14,16). The zero-order valence-corrected chi connectivity index (χ0v) is 13.0. The second-order valence-corrected chi connectivity index (χ2v) is 9.08. The average Bonchev–Trinajstić information content (AvgIpc) is 2.61. The first kappa shape index (κ1) is 15.3. The molecule has 2 heterocycles. The summed E-state index contributed by atoms with van der Waals surface area (Å²) in [6.07, 6.45) is 0.577. The van der Waals surface area contributed by atoms with Crippen LogP contribution < -0.4 is 5.32 Å². The number of sulfone groups is 1. The number of hydrogen-bond donors (Lipinski definition) is 1. The van der Waals surface area contributed by atoms with Gasteiger partial charge in [-0.05, 0) is 17.8 Å². The lowest BCUT2D eigenvalue weighted by molar-refractivity contribution is -0.147. The predicted molar refractivity (Wildman–Crippen MR) is 74.7 cm³/mol. The van der Waals surface area contributed by atoms with Crippen molar-refractivity contribution in [2.45, 2.75) is 33.2 Å². The lowest BCUT2D eigenvalue weighted by Crippen LogP contribution is -2.62. The van der Waals surface area contributed by atoms with Gasteiger partial charge in [-0.1, -0.05) is 20.8 Å². The van der Waals surface area contributed by atoms with E-state index in [1.54, 1.807) is 0 Å². The van der Waals surface area contributed by atoms with Gasteiger partial charge < -0.3 is 10.2 Å². The summed E-state index contributed by atoms with van der Waals surface area (Å²) in [7, 11) is -2.96. The highest BCUT2D eigenvalue weighted by Crippen LogP contribution is 2.25. The van der Waals surface area contributed by atoms with Gasteiger partial charge in [-0.25, -0.2) is 8.42 Å². The Kier molecular flexibility index (Phi) is 3.83. The molecule has 0 aliphatic carbocycles. The van der Waals surface area contributed by atoms with Gasteiger partial charge in [0.15, 0.2) is 9.84 Å². The zero-order chi connectivity index (χ0) is 15.1. The Morgan fingerprint density at radius 1 is 1.30 bits per heavy atom. The first-order valence-electron chi connectivity index (χ1n) is 6.87. The number of hydrogen-bond acceptors (Lipinski definition) is 4. The molecule has 2 aliphatic heterocycles. The minimum absolute atomic E-state index is 0.0297. The van der Waals surface area contributed by atoms with E-state index in [-0.39, 0.29) is 41.2 Å². The van der Waals surface area contributed by atoms with Crippen molar-refractivity contribution in [2.75, 3.05) is 24.6 Å². The summed E-state index contributed by atoms with van der Waals surface area (Å²) in [4.78, 5) is 25.7.